The average Bonchev–Trinajstić information content (AvgIpc) is 2.86. The minimum Gasteiger partial charge on any atom is -0.344 e. The minimum atomic E-state index is -0.328. The summed E-state index contributed by atoms with van der Waals surface area (Å²) in [7, 11) is 0. The Morgan fingerprint density at radius 1 is 1.43 bits per heavy atom. The molecule has 0 atom stereocenters. The zero-order valence-electron chi connectivity index (χ0n) is 12.6. The minimum absolute atomic E-state index is 0.167. The zero-order chi connectivity index (χ0) is 15.4. The van der Waals surface area contributed by atoms with E-state index in [1.807, 2.05) is 18.3 Å². The number of nitrogens with zero attached hydrogens (tertiary/aromatic N) is 3. The number of aromatic nitrogens is 2. The predicted molar refractivity (Wildman–Crippen MR) is 81.3 cm³/mol. The monoisotopic (exact) mass is 288 g/mol. The second kappa shape index (κ2) is 6.49. The van der Waals surface area contributed by atoms with Gasteiger partial charge in [-0.1, -0.05) is 6.92 Å². The van der Waals surface area contributed by atoms with E-state index in [1.54, 1.807) is 20.0 Å². The fourth-order valence-corrected chi connectivity index (χ4v) is 2.38. The second-order valence-electron chi connectivity index (χ2n) is 5.03. The van der Waals surface area contributed by atoms with Gasteiger partial charge in [-0.05, 0) is 32.5 Å². The molecule has 6 heteroatoms. The maximum Gasteiger partial charge on any atom is 0.278 e. The molecule has 0 aromatic carbocycles. The Morgan fingerprint density at radius 3 is 2.86 bits per heavy atom. The van der Waals surface area contributed by atoms with Crippen LogP contribution in [0.15, 0.2) is 24.5 Å². The lowest BCUT2D eigenvalue weighted by molar-refractivity contribution is -0.386. The van der Waals surface area contributed by atoms with Gasteiger partial charge in [0.25, 0.3) is 5.69 Å². The van der Waals surface area contributed by atoms with E-state index in [2.05, 4.69) is 21.8 Å². The SMILES string of the molecule is CCNCc1cccn1Cc1ncc(C)c([N+](=O)[O-])c1C. The van der Waals surface area contributed by atoms with E-state index >= 15 is 0 Å². The van der Waals surface area contributed by atoms with Crippen LogP contribution in [-0.4, -0.2) is 21.0 Å². The van der Waals surface area contributed by atoms with Gasteiger partial charge in [0.05, 0.1) is 22.7 Å². The highest BCUT2D eigenvalue weighted by atomic mass is 16.6. The van der Waals surface area contributed by atoms with Crippen molar-refractivity contribution >= 4 is 5.69 Å². The molecule has 2 heterocycles. The average molecular weight is 288 g/mol. The van der Waals surface area contributed by atoms with Crippen LogP contribution in [0.1, 0.15) is 29.4 Å². The molecule has 6 nitrogen and oxygen atoms in total. The first-order chi connectivity index (χ1) is 10.0. The summed E-state index contributed by atoms with van der Waals surface area (Å²) in [6, 6.07) is 4.02. The van der Waals surface area contributed by atoms with Crippen LogP contribution in [0.3, 0.4) is 0 Å². The van der Waals surface area contributed by atoms with Crippen molar-refractivity contribution < 1.29 is 4.92 Å². The molecule has 2 aromatic heterocycles. The summed E-state index contributed by atoms with van der Waals surface area (Å²) in [4.78, 5) is 15.2. The van der Waals surface area contributed by atoms with Crippen molar-refractivity contribution in [3.8, 4) is 0 Å². The van der Waals surface area contributed by atoms with E-state index in [9.17, 15) is 10.1 Å². The van der Waals surface area contributed by atoms with Gasteiger partial charge in [0.1, 0.15) is 0 Å². The summed E-state index contributed by atoms with van der Waals surface area (Å²) in [5, 5.41) is 14.4. The Hall–Kier alpha value is -2.21. The largest absolute Gasteiger partial charge is 0.344 e. The highest BCUT2D eigenvalue weighted by Crippen LogP contribution is 2.24. The maximum atomic E-state index is 11.2. The van der Waals surface area contributed by atoms with E-state index in [1.165, 1.54) is 0 Å². The van der Waals surface area contributed by atoms with Gasteiger partial charge in [-0.25, -0.2) is 0 Å². The van der Waals surface area contributed by atoms with E-state index < -0.39 is 0 Å². The molecule has 112 valence electrons. The van der Waals surface area contributed by atoms with Crippen molar-refractivity contribution in [2.45, 2.75) is 33.9 Å². The van der Waals surface area contributed by atoms with Crippen molar-refractivity contribution in [1.29, 1.82) is 0 Å². The second-order valence-corrected chi connectivity index (χ2v) is 5.03. The van der Waals surface area contributed by atoms with Crippen molar-refractivity contribution in [3.63, 3.8) is 0 Å². The van der Waals surface area contributed by atoms with Crippen LogP contribution in [-0.2, 0) is 13.1 Å². The molecule has 0 radical (unpaired) electrons. The number of hydrogen-bond donors (Lipinski definition) is 1. The Balaban J connectivity index is 2.30. The fourth-order valence-electron chi connectivity index (χ4n) is 2.38. The Bertz CT molecular complexity index is 649. The van der Waals surface area contributed by atoms with Gasteiger partial charge < -0.3 is 9.88 Å². The standard InChI is InChI=1S/C15H20N4O2/c1-4-16-9-13-6-5-7-18(13)10-14-12(3)15(19(20)21)11(2)8-17-14/h5-8,16H,4,9-10H2,1-3H3. The molecule has 0 spiro atoms. The highest BCUT2D eigenvalue weighted by molar-refractivity contribution is 5.47. The zero-order valence-corrected chi connectivity index (χ0v) is 12.6. The molecular weight excluding hydrogens is 268 g/mol. The first kappa shape index (κ1) is 15.2. The maximum absolute atomic E-state index is 11.2. The quantitative estimate of drug-likeness (QED) is 0.655. The van der Waals surface area contributed by atoms with Gasteiger partial charge in [-0.15, -0.1) is 0 Å². The Kier molecular flexibility index (Phi) is 4.70. The van der Waals surface area contributed by atoms with Crippen molar-refractivity contribution in [1.82, 2.24) is 14.9 Å². The summed E-state index contributed by atoms with van der Waals surface area (Å²) in [5.74, 6) is 0. The van der Waals surface area contributed by atoms with Crippen molar-refractivity contribution in [3.05, 3.63) is 57.2 Å². The number of rotatable bonds is 6. The molecule has 0 aliphatic carbocycles. The lowest BCUT2D eigenvalue weighted by atomic mass is 10.1. The molecule has 21 heavy (non-hydrogen) atoms. The summed E-state index contributed by atoms with van der Waals surface area (Å²) in [6.45, 7) is 7.76. The van der Waals surface area contributed by atoms with Gasteiger partial charge in [0.2, 0.25) is 0 Å². The third-order valence-electron chi connectivity index (χ3n) is 3.56. The molecule has 2 rings (SSSR count). The number of nitrogens with one attached hydrogen (secondary N) is 1. The van der Waals surface area contributed by atoms with Crippen LogP contribution in [0.2, 0.25) is 0 Å². The summed E-state index contributed by atoms with van der Waals surface area (Å²) in [6.07, 6.45) is 3.55. The lowest BCUT2D eigenvalue weighted by Gasteiger charge is -2.12. The predicted octanol–water partition coefficient (Wildman–Crippen LogP) is 2.57. The first-order valence-corrected chi connectivity index (χ1v) is 6.98. The molecule has 0 aliphatic rings. The van der Waals surface area contributed by atoms with Crippen LogP contribution < -0.4 is 5.32 Å². The van der Waals surface area contributed by atoms with Crippen LogP contribution in [0, 0.1) is 24.0 Å². The molecule has 0 amide bonds. The van der Waals surface area contributed by atoms with E-state index in [0.717, 1.165) is 24.5 Å². The molecule has 0 saturated carbocycles. The first-order valence-electron chi connectivity index (χ1n) is 6.98. The molecule has 1 N–H and O–H groups in total. The van der Waals surface area contributed by atoms with Crippen LogP contribution >= 0.6 is 0 Å². The van der Waals surface area contributed by atoms with Crippen LogP contribution in [0.5, 0.6) is 0 Å². The number of pyridine rings is 1. The molecule has 0 saturated heterocycles. The smallest absolute Gasteiger partial charge is 0.278 e. The Labute approximate surface area is 124 Å². The molecule has 0 bridgehead atoms. The number of nitro groups is 1. The van der Waals surface area contributed by atoms with Gasteiger partial charge in [0.15, 0.2) is 0 Å². The molecule has 2 aromatic rings. The van der Waals surface area contributed by atoms with Gasteiger partial charge in [0, 0.05) is 30.2 Å². The summed E-state index contributed by atoms with van der Waals surface area (Å²) < 4.78 is 2.07. The third kappa shape index (κ3) is 3.28. The summed E-state index contributed by atoms with van der Waals surface area (Å²) >= 11 is 0. The number of aryl methyl sites for hydroxylation is 1. The van der Waals surface area contributed by atoms with Gasteiger partial charge in [-0.2, -0.15) is 0 Å². The van der Waals surface area contributed by atoms with Crippen molar-refractivity contribution in [2.75, 3.05) is 6.54 Å². The van der Waals surface area contributed by atoms with Crippen LogP contribution in [0.25, 0.3) is 0 Å². The van der Waals surface area contributed by atoms with E-state index in [4.69, 9.17) is 0 Å². The van der Waals surface area contributed by atoms with E-state index in [0.29, 0.717) is 17.7 Å². The van der Waals surface area contributed by atoms with Crippen molar-refractivity contribution in [2.24, 2.45) is 0 Å². The number of hydrogen-bond acceptors (Lipinski definition) is 4. The fraction of sp³-hybridized carbons (Fsp3) is 0.400. The molecule has 0 fully saturated rings. The summed E-state index contributed by atoms with van der Waals surface area (Å²) in [5.41, 5.74) is 3.28. The molecule has 0 aliphatic heterocycles. The van der Waals surface area contributed by atoms with Gasteiger partial charge in [-0.3, -0.25) is 15.1 Å². The molecule has 0 unspecified atom stereocenters. The normalized spacial score (nSPS) is 10.8. The van der Waals surface area contributed by atoms with E-state index in [-0.39, 0.29) is 10.6 Å². The third-order valence-corrected chi connectivity index (χ3v) is 3.56. The van der Waals surface area contributed by atoms with Crippen LogP contribution in [0.4, 0.5) is 5.69 Å². The van der Waals surface area contributed by atoms with Gasteiger partial charge >= 0.3 is 0 Å². The lowest BCUT2D eigenvalue weighted by Crippen LogP contribution is -2.16. The topological polar surface area (TPSA) is 73.0 Å². The Morgan fingerprint density at radius 2 is 2.19 bits per heavy atom. The highest BCUT2D eigenvalue weighted by Gasteiger charge is 2.19. The molecular formula is C15H20N4O2.